The van der Waals surface area contributed by atoms with Crippen molar-refractivity contribution in [3.63, 3.8) is 0 Å². The van der Waals surface area contributed by atoms with Gasteiger partial charge < -0.3 is 15.5 Å². The second-order valence-corrected chi connectivity index (χ2v) is 4.77. The van der Waals surface area contributed by atoms with Crippen LogP contribution in [0.25, 0.3) is 0 Å². The van der Waals surface area contributed by atoms with Gasteiger partial charge in [-0.25, -0.2) is 4.98 Å². The van der Waals surface area contributed by atoms with Crippen LogP contribution in [-0.4, -0.2) is 47.0 Å². The first kappa shape index (κ1) is 13.6. The molecule has 1 saturated heterocycles. The van der Waals surface area contributed by atoms with Crippen molar-refractivity contribution in [1.29, 1.82) is 0 Å². The Balaban J connectivity index is 1.95. The molecule has 1 fully saturated rings. The van der Waals surface area contributed by atoms with E-state index < -0.39 is 0 Å². The average molecular weight is 263 g/mol. The Labute approximate surface area is 113 Å². The first-order valence-electron chi connectivity index (χ1n) is 6.77. The minimum atomic E-state index is -0.266. The predicted octanol–water partition coefficient (Wildman–Crippen LogP) is 1.33. The summed E-state index contributed by atoms with van der Waals surface area (Å²) in [5.74, 6) is 1.35. The number of amides is 1. The number of hydrogen-bond donors (Lipinski definition) is 2. The summed E-state index contributed by atoms with van der Waals surface area (Å²) >= 11 is 0. The molecule has 1 aromatic heterocycles. The molecule has 2 rings (SSSR count). The normalized spacial score (nSPS) is 16.8. The Morgan fingerprint density at radius 3 is 2.79 bits per heavy atom. The van der Waals surface area contributed by atoms with Gasteiger partial charge in [0.15, 0.2) is 0 Å². The molecule has 2 heterocycles. The zero-order valence-electron chi connectivity index (χ0n) is 11.5. The Bertz CT molecular complexity index is 431. The van der Waals surface area contributed by atoms with Crippen LogP contribution in [0.15, 0.2) is 12.3 Å². The third-order valence-electron chi connectivity index (χ3n) is 3.28. The van der Waals surface area contributed by atoms with Crippen molar-refractivity contribution >= 4 is 17.7 Å². The minimum Gasteiger partial charge on any atom is -0.358 e. The maximum Gasteiger partial charge on any atom is 0.244 e. The summed E-state index contributed by atoms with van der Waals surface area (Å²) in [7, 11) is 1.77. The van der Waals surface area contributed by atoms with Crippen molar-refractivity contribution in [2.24, 2.45) is 0 Å². The van der Waals surface area contributed by atoms with Gasteiger partial charge in [-0.2, -0.15) is 4.98 Å². The van der Waals surface area contributed by atoms with Crippen LogP contribution < -0.4 is 10.6 Å². The Morgan fingerprint density at radius 1 is 1.37 bits per heavy atom. The van der Waals surface area contributed by atoms with Crippen LogP contribution in [0.4, 0.5) is 11.8 Å². The molecule has 0 radical (unpaired) electrons. The number of hydrogen-bond acceptors (Lipinski definition) is 5. The van der Waals surface area contributed by atoms with E-state index in [0.29, 0.717) is 11.8 Å². The number of nitrogens with one attached hydrogen (secondary N) is 2. The lowest BCUT2D eigenvalue weighted by atomic mass is 10.1. The van der Waals surface area contributed by atoms with E-state index in [9.17, 15) is 4.79 Å². The lowest BCUT2D eigenvalue weighted by molar-refractivity contribution is -0.132. The van der Waals surface area contributed by atoms with Crippen LogP contribution in [0.1, 0.15) is 26.2 Å². The number of nitrogens with zero attached hydrogens (tertiary/aromatic N) is 3. The molecule has 6 nitrogen and oxygen atoms in total. The highest BCUT2D eigenvalue weighted by atomic mass is 16.2. The summed E-state index contributed by atoms with van der Waals surface area (Å²) in [5, 5.41) is 6.01. The highest BCUT2D eigenvalue weighted by molar-refractivity contribution is 5.84. The number of carbonyl (C=O) groups is 1. The lowest BCUT2D eigenvalue weighted by Crippen LogP contribution is -2.44. The number of rotatable bonds is 4. The van der Waals surface area contributed by atoms with Crippen molar-refractivity contribution in [3.8, 4) is 0 Å². The molecule has 1 aromatic rings. The van der Waals surface area contributed by atoms with Crippen molar-refractivity contribution in [1.82, 2.24) is 14.9 Å². The fourth-order valence-corrected chi connectivity index (χ4v) is 2.23. The van der Waals surface area contributed by atoms with Gasteiger partial charge in [-0.3, -0.25) is 4.79 Å². The summed E-state index contributed by atoms with van der Waals surface area (Å²) in [6.07, 6.45) is 5.11. The minimum absolute atomic E-state index is 0.143. The molecular weight excluding hydrogens is 242 g/mol. The predicted molar refractivity (Wildman–Crippen MR) is 75.1 cm³/mol. The molecule has 1 unspecified atom stereocenters. The van der Waals surface area contributed by atoms with Gasteiger partial charge in [0.2, 0.25) is 11.9 Å². The standard InChI is InChI=1S/C13H21N5O/c1-10(12(19)18-8-4-3-5-9-18)16-11-6-7-15-13(14-2)17-11/h6-7,10H,3-5,8-9H2,1-2H3,(H2,14,15,16,17). The Morgan fingerprint density at radius 2 is 2.11 bits per heavy atom. The molecular formula is C13H21N5O. The molecule has 1 amide bonds. The molecule has 0 spiro atoms. The van der Waals surface area contributed by atoms with Gasteiger partial charge in [-0.1, -0.05) is 0 Å². The molecule has 104 valence electrons. The lowest BCUT2D eigenvalue weighted by Gasteiger charge is -2.29. The van der Waals surface area contributed by atoms with E-state index in [0.717, 1.165) is 25.9 Å². The molecule has 1 atom stereocenters. The van der Waals surface area contributed by atoms with Gasteiger partial charge >= 0.3 is 0 Å². The number of aromatic nitrogens is 2. The summed E-state index contributed by atoms with van der Waals surface area (Å²) in [6, 6.07) is 1.50. The summed E-state index contributed by atoms with van der Waals surface area (Å²) in [6.45, 7) is 3.62. The topological polar surface area (TPSA) is 70.2 Å². The third-order valence-corrected chi connectivity index (χ3v) is 3.28. The summed E-state index contributed by atoms with van der Waals surface area (Å²) in [4.78, 5) is 22.5. The molecule has 1 aliphatic rings. The molecule has 2 N–H and O–H groups in total. The maximum atomic E-state index is 12.3. The number of piperidine rings is 1. The summed E-state index contributed by atoms with van der Waals surface area (Å²) < 4.78 is 0. The van der Waals surface area contributed by atoms with Crippen molar-refractivity contribution in [2.75, 3.05) is 30.8 Å². The zero-order chi connectivity index (χ0) is 13.7. The van der Waals surface area contributed by atoms with Gasteiger partial charge in [-0.05, 0) is 32.3 Å². The van der Waals surface area contributed by atoms with Crippen LogP contribution in [0, 0.1) is 0 Å². The van der Waals surface area contributed by atoms with Gasteiger partial charge in [-0.15, -0.1) is 0 Å². The van der Waals surface area contributed by atoms with Crippen LogP contribution in [0.2, 0.25) is 0 Å². The van der Waals surface area contributed by atoms with Crippen LogP contribution in [0.5, 0.6) is 0 Å². The molecule has 0 bridgehead atoms. The summed E-state index contributed by atoms with van der Waals surface area (Å²) in [5.41, 5.74) is 0. The number of carbonyl (C=O) groups excluding carboxylic acids is 1. The van der Waals surface area contributed by atoms with Crippen LogP contribution in [-0.2, 0) is 4.79 Å². The number of anilines is 2. The quantitative estimate of drug-likeness (QED) is 0.857. The largest absolute Gasteiger partial charge is 0.358 e. The monoisotopic (exact) mass is 263 g/mol. The van der Waals surface area contributed by atoms with Gasteiger partial charge in [0.1, 0.15) is 11.9 Å². The van der Waals surface area contributed by atoms with E-state index in [4.69, 9.17) is 0 Å². The van der Waals surface area contributed by atoms with Crippen LogP contribution >= 0.6 is 0 Å². The third kappa shape index (κ3) is 3.56. The van der Waals surface area contributed by atoms with E-state index in [1.807, 2.05) is 11.8 Å². The molecule has 19 heavy (non-hydrogen) atoms. The first-order chi connectivity index (χ1) is 9.20. The SMILES string of the molecule is CNc1nccc(NC(C)C(=O)N2CCCCC2)n1. The van der Waals surface area contributed by atoms with Crippen molar-refractivity contribution in [3.05, 3.63) is 12.3 Å². The van der Waals surface area contributed by atoms with E-state index in [-0.39, 0.29) is 11.9 Å². The Kier molecular flexibility index (Phi) is 4.54. The first-order valence-corrected chi connectivity index (χ1v) is 6.77. The molecule has 1 aliphatic heterocycles. The second-order valence-electron chi connectivity index (χ2n) is 4.77. The smallest absolute Gasteiger partial charge is 0.244 e. The van der Waals surface area contributed by atoms with Crippen molar-refractivity contribution < 1.29 is 4.79 Å². The molecule has 6 heteroatoms. The molecule has 0 aliphatic carbocycles. The zero-order valence-corrected chi connectivity index (χ0v) is 11.5. The molecule has 0 aromatic carbocycles. The fraction of sp³-hybridized carbons (Fsp3) is 0.615. The fourth-order valence-electron chi connectivity index (χ4n) is 2.23. The highest BCUT2D eigenvalue weighted by Crippen LogP contribution is 2.12. The van der Waals surface area contributed by atoms with Crippen molar-refractivity contribution in [2.45, 2.75) is 32.2 Å². The Hall–Kier alpha value is -1.85. The maximum absolute atomic E-state index is 12.3. The van der Waals surface area contributed by atoms with Gasteiger partial charge in [0.05, 0.1) is 0 Å². The van der Waals surface area contributed by atoms with E-state index in [1.54, 1.807) is 19.3 Å². The van der Waals surface area contributed by atoms with Gasteiger partial charge in [0, 0.05) is 26.3 Å². The van der Waals surface area contributed by atoms with E-state index in [2.05, 4.69) is 20.6 Å². The van der Waals surface area contributed by atoms with E-state index in [1.165, 1.54) is 6.42 Å². The van der Waals surface area contributed by atoms with Crippen LogP contribution in [0.3, 0.4) is 0 Å². The second kappa shape index (κ2) is 6.36. The van der Waals surface area contributed by atoms with Gasteiger partial charge in [0.25, 0.3) is 0 Å². The van der Waals surface area contributed by atoms with E-state index >= 15 is 0 Å². The molecule has 0 saturated carbocycles. The average Bonchev–Trinajstić information content (AvgIpc) is 2.47. The number of likely N-dealkylation sites (tertiary alicyclic amines) is 1. The highest BCUT2D eigenvalue weighted by Gasteiger charge is 2.22.